The Labute approximate surface area is 227 Å². The molecule has 1 atom stereocenters. The first kappa shape index (κ1) is 26.4. The molecule has 2 amide bonds. The number of amides is 2. The van der Waals surface area contributed by atoms with E-state index in [1.54, 1.807) is 30.2 Å². The number of anilines is 1. The molecule has 4 aromatic rings. The lowest BCUT2D eigenvalue weighted by Gasteiger charge is -2.30. The highest BCUT2D eigenvalue weighted by atomic mass is 35.5. The summed E-state index contributed by atoms with van der Waals surface area (Å²) in [7, 11) is 1.61. The van der Waals surface area contributed by atoms with E-state index in [9.17, 15) is 4.79 Å². The van der Waals surface area contributed by atoms with Crippen LogP contribution in [0.3, 0.4) is 0 Å². The van der Waals surface area contributed by atoms with Gasteiger partial charge in [-0.2, -0.15) is 0 Å². The van der Waals surface area contributed by atoms with Crippen molar-refractivity contribution in [1.29, 1.82) is 0 Å². The van der Waals surface area contributed by atoms with Crippen molar-refractivity contribution in [3.8, 4) is 11.5 Å². The molecule has 0 heterocycles. The van der Waals surface area contributed by atoms with Gasteiger partial charge in [0, 0.05) is 6.54 Å². The van der Waals surface area contributed by atoms with Gasteiger partial charge in [-0.3, -0.25) is 0 Å². The lowest BCUT2D eigenvalue weighted by Crippen LogP contribution is -2.36. The first-order valence-electron chi connectivity index (χ1n) is 11.9. The average Bonchev–Trinajstić information content (AvgIpc) is 2.93. The van der Waals surface area contributed by atoms with Crippen molar-refractivity contribution in [3.63, 3.8) is 0 Å². The maximum Gasteiger partial charge on any atom is 0.322 e. The van der Waals surface area contributed by atoms with Crippen molar-refractivity contribution in [1.82, 2.24) is 4.90 Å². The lowest BCUT2D eigenvalue weighted by molar-refractivity contribution is 0.189. The third-order valence-corrected chi connectivity index (χ3v) is 6.84. The van der Waals surface area contributed by atoms with Crippen molar-refractivity contribution in [2.75, 3.05) is 12.4 Å². The quantitative estimate of drug-likeness (QED) is 0.234. The molecule has 0 aromatic heterocycles. The zero-order chi connectivity index (χ0) is 26.2. The van der Waals surface area contributed by atoms with Crippen LogP contribution in [0.15, 0.2) is 97.1 Å². The van der Waals surface area contributed by atoms with Crippen LogP contribution < -0.4 is 14.8 Å². The molecule has 0 spiro atoms. The number of halogens is 2. The average molecular weight is 535 g/mol. The molecule has 1 N–H and O–H groups in total. The maximum absolute atomic E-state index is 13.6. The molecule has 0 aliphatic heterocycles. The summed E-state index contributed by atoms with van der Waals surface area (Å²) in [5.41, 5.74) is 3.39. The highest BCUT2D eigenvalue weighted by Gasteiger charge is 2.23. The van der Waals surface area contributed by atoms with Gasteiger partial charge in [-0.1, -0.05) is 96.0 Å². The number of hydrogen-bond acceptors (Lipinski definition) is 3. The summed E-state index contributed by atoms with van der Waals surface area (Å²) in [6.07, 6.45) is 0. The Kier molecular flexibility index (Phi) is 8.94. The summed E-state index contributed by atoms with van der Waals surface area (Å²) < 4.78 is 11.6. The smallest absolute Gasteiger partial charge is 0.322 e. The number of hydrogen-bond donors (Lipinski definition) is 1. The standard InChI is InChI=1S/C30H28Cl2N2O3/c1-21(24-12-7-4-8-13-24)34(30(35)33-26-15-9-14-25(31)29(26)32)19-23-16-17-27(36-2)28(18-23)37-20-22-10-5-3-6-11-22/h3-18,21H,19-20H2,1-2H3,(H,33,35). The van der Waals surface area contributed by atoms with Crippen LogP contribution in [0.25, 0.3) is 0 Å². The molecule has 0 aliphatic rings. The highest BCUT2D eigenvalue weighted by Crippen LogP contribution is 2.33. The van der Waals surface area contributed by atoms with Crippen LogP contribution in [-0.4, -0.2) is 18.0 Å². The van der Waals surface area contributed by atoms with Gasteiger partial charge in [-0.25, -0.2) is 4.79 Å². The Morgan fingerprint density at radius 1 is 0.865 bits per heavy atom. The highest BCUT2D eigenvalue weighted by molar-refractivity contribution is 6.43. The van der Waals surface area contributed by atoms with E-state index < -0.39 is 0 Å². The Balaban J connectivity index is 1.61. The van der Waals surface area contributed by atoms with E-state index in [2.05, 4.69) is 5.32 Å². The van der Waals surface area contributed by atoms with Crippen LogP contribution in [0, 0.1) is 0 Å². The van der Waals surface area contributed by atoms with Crippen molar-refractivity contribution < 1.29 is 14.3 Å². The van der Waals surface area contributed by atoms with Crippen LogP contribution in [-0.2, 0) is 13.2 Å². The van der Waals surface area contributed by atoms with Gasteiger partial charge < -0.3 is 19.7 Å². The monoisotopic (exact) mass is 534 g/mol. The Morgan fingerprint density at radius 3 is 2.27 bits per heavy atom. The van der Waals surface area contributed by atoms with Crippen LogP contribution in [0.2, 0.25) is 10.0 Å². The second-order valence-electron chi connectivity index (χ2n) is 8.51. The number of carbonyl (C=O) groups is 1. The number of ether oxygens (including phenoxy) is 2. The summed E-state index contributed by atoms with van der Waals surface area (Å²) >= 11 is 12.5. The summed E-state index contributed by atoms with van der Waals surface area (Å²) in [6, 6.07) is 30.1. The molecule has 0 saturated carbocycles. The zero-order valence-electron chi connectivity index (χ0n) is 20.7. The number of methoxy groups -OCH3 is 1. The fourth-order valence-corrected chi connectivity index (χ4v) is 4.30. The predicted molar refractivity (Wildman–Crippen MR) is 150 cm³/mol. The Hall–Kier alpha value is -3.67. The van der Waals surface area contributed by atoms with Crippen LogP contribution in [0.1, 0.15) is 29.7 Å². The molecule has 4 aromatic carbocycles. The molecule has 0 fully saturated rings. The second kappa shape index (κ2) is 12.5. The molecule has 7 heteroatoms. The summed E-state index contributed by atoms with van der Waals surface area (Å²) in [4.78, 5) is 15.3. The topological polar surface area (TPSA) is 50.8 Å². The van der Waals surface area contributed by atoms with Crippen LogP contribution >= 0.6 is 23.2 Å². The first-order valence-corrected chi connectivity index (χ1v) is 12.6. The van der Waals surface area contributed by atoms with E-state index in [0.717, 1.165) is 16.7 Å². The van der Waals surface area contributed by atoms with Gasteiger partial charge in [0.05, 0.1) is 28.9 Å². The van der Waals surface area contributed by atoms with Crippen molar-refractivity contribution in [2.24, 2.45) is 0 Å². The Morgan fingerprint density at radius 2 is 1.57 bits per heavy atom. The molecule has 5 nitrogen and oxygen atoms in total. The van der Waals surface area contributed by atoms with Crippen molar-refractivity contribution in [3.05, 3.63) is 124 Å². The summed E-state index contributed by atoms with van der Waals surface area (Å²) in [6.45, 7) is 2.72. The van der Waals surface area contributed by atoms with E-state index in [-0.39, 0.29) is 12.1 Å². The molecule has 0 radical (unpaired) electrons. The molecular weight excluding hydrogens is 507 g/mol. The zero-order valence-corrected chi connectivity index (χ0v) is 22.2. The number of benzene rings is 4. The molecule has 190 valence electrons. The molecule has 0 aliphatic carbocycles. The molecule has 0 bridgehead atoms. The van der Waals surface area contributed by atoms with E-state index in [1.165, 1.54) is 0 Å². The lowest BCUT2D eigenvalue weighted by atomic mass is 10.1. The second-order valence-corrected chi connectivity index (χ2v) is 9.29. The summed E-state index contributed by atoms with van der Waals surface area (Å²) in [5.74, 6) is 1.23. The van der Waals surface area contributed by atoms with Crippen molar-refractivity contribution in [2.45, 2.75) is 26.1 Å². The van der Waals surface area contributed by atoms with Gasteiger partial charge in [0.15, 0.2) is 11.5 Å². The molecular formula is C30H28Cl2N2O3. The van der Waals surface area contributed by atoms with Gasteiger partial charge in [0.25, 0.3) is 0 Å². The molecule has 0 saturated heterocycles. The third kappa shape index (κ3) is 6.76. The van der Waals surface area contributed by atoms with Crippen molar-refractivity contribution >= 4 is 34.9 Å². The number of nitrogens with zero attached hydrogens (tertiary/aromatic N) is 1. The Bertz CT molecular complexity index is 1330. The van der Waals surface area contributed by atoms with Gasteiger partial charge in [-0.05, 0) is 47.9 Å². The summed E-state index contributed by atoms with van der Waals surface area (Å²) in [5, 5.41) is 3.59. The van der Waals surface area contributed by atoms with Crippen LogP contribution in [0.5, 0.6) is 11.5 Å². The van der Waals surface area contributed by atoms with E-state index >= 15 is 0 Å². The van der Waals surface area contributed by atoms with E-state index in [1.807, 2.05) is 85.8 Å². The molecule has 37 heavy (non-hydrogen) atoms. The van der Waals surface area contributed by atoms with E-state index in [0.29, 0.717) is 40.4 Å². The minimum Gasteiger partial charge on any atom is -0.493 e. The SMILES string of the molecule is COc1ccc(CN(C(=O)Nc2cccc(Cl)c2Cl)C(C)c2ccccc2)cc1OCc1ccccc1. The van der Waals surface area contributed by atoms with Gasteiger partial charge in [-0.15, -0.1) is 0 Å². The number of nitrogens with one attached hydrogen (secondary N) is 1. The largest absolute Gasteiger partial charge is 0.493 e. The molecule has 4 rings (SSSR count). The van der Waals surface area contributed by atoms with Gasteiger partial charge in [0.1, 0.15) is 6.61 Å². The first-order chi connectivity index (χ1) is 18.0. The third-order valence-electron chi connectivity index (χ3n) is 6.02. The molecule has 1 unspecified atom stereocenters. The van der Waals surface area contributed by atoms with Crippen LogP contribution in [0.4, 0.5) is 10.5 Å². The van der Waals surface area contributed by atoms with E-state index in [4.69, 9.17) is 32.7 Å². The van der Waals surface area contributed by atoms with Gasteiger partial charge >= 0.3 is 6.03 Å². The predicted octanol–water partition coefficient (Wildman–Crippen LogP) is 8.38. The minimum atomic E-state index is -0.303. The maximum atomic E-state index is 13.6. The number of rotatable bonds is 9. The normalized spacial score (nSPS) is 11.5. The number of carbonyl (C=O) groups excluding carboxylic acids is 1. The number of urea groups is 1. The fraction of sp³-hybridized carbons (Fsp3) is 0.167. The fourth-order valence-electron chi connectivity index (χ4n) is 3.95. The van der Waals surface area contributed by atoms with Gasteiger partial charge in [0.2, 0.25) is 0 Å². The minimum absolute atomic E-state index is 0.227.